The fourth-order valence-corrected chi connectivity index (χ4v) is 1.33. The number of rotatable bonds is 4. The van der Waals surface area contributed by atoms with Crippen LogP contribution in [0.2, 0.25) is 0 Å². The number of halogens is 1. The van der Waals surface area contributed by atoms with Gasteiger partial charge in [0.25, 0.3) is 0 Å². The van der Waals surface area contributed by atoms with Gasteiger partial charge in [-0.15, -0.1) is 0 Å². The molecule has 0 fully saturated rings. The Morgan fingerprint density at radius 3 is 2.53 bits per heavy atom. The fourth-order valence-electron chi connectivity index (χ4n) is 1.33. The maximum absolute atomic E-state index is 13.2. The van der Waals surface area contributed by atoms with Gasteiger partial charge in [-0.3, -0.25) is 4.79 Å². The molecular formula is C13H19FN2O. The normalized spacial score (nSPS) is 11.3. The van der Waals surface area contributed by atoms with Crippen molar-refractivity contribution in [2.45, 2.75) is 32.7 Å². The lowest BCUT2D eigenvalue weighted by molar-refractivity contribution is -0.116. The zero-order valence-corrected chi connectivity index (χ0v) is 10.5. The highest BCUT2D eigenvalue weighted by atomic mass is 19.1. The van der Waals surface area contributed by atoms with E-state index in [-0.39, 0.29) is 17.1 Å². The number of carbonyl (C=O) groups is 1. The number of anilines is 1. The van der Waals surface area contributed by atoms with Gasteiger partial charge in [0.1, 0.15) is 5.82 Å². The molecule has 0 heterocycles. The highest BCUT2D eigenvalue weighted by Crippen LogP contribution is 2.12. The molecule has 2 N–H and O–H groups in total. The summed E-state index contributed by atoms with van der Waals surface area (Å²) in [6, 6.07) is 6.14. The van der Waals surface area contributed by atoms with Gasteiger partial charge in [0.2, 0.25) is 5.91 Å². The molecule has 0 unspecified atom stereocenters. The van der Waals surface area contributed by atoms with E-state index in [0.717, 1.165) is 0 Å². The Bertz CT molecular complexity index is 385. The van der Waals surface area contributed by atoms with E-state index in [1.807, 2.05) is 20.8 Å². The standard InChI is InChI=1S/C13H19FN2O/c1-13(2,3)15-9-8-12(17)16-11-7-5-4-6-10(11)14/h4-7,15H,8-9H2,1-3H3,(H,16,17). The van der Waals surface area contributed by atoms with E-state index in [4.69, 9.17) is 0 Å². The maximum atomic E-state index is 13.2. The Balaban J connectivity index is 2.38. The lowest BCUT2D eigenvalue weighted by atomic mass is 10.1. The fraction of sp³-hybridized carbons (Fsp3) is 0.462. The third kappa shape index (κ3) is 5.45. The smallest absolute Gasteiger partial charge is 0.225 e. The van der Waals surface area contributed by atoms with Gasteiger partial charge in [0.05, 0.1) is 5.69 Å². The van der Waals surface area contributed by atoms with E-state index in [2.05, 4.69) is 10.6 Å². The molecule has 4 heteroatoms. The van der Waals surface area contributed by atoms with Gasteiger partial charge in [-0.1, -0.05) is 12.1 Å². The number of carbonyl (C=O) groups excluding carboxylic acids is 1. The van der Waals surface area contributed by atoms with Crippen LogP contribution in [-0.4, -0.2) is 18.0 Å². The predicted octanol–water partition coefficient (Wildman–Crippen LogP) is 2.54. The third-order valence-corrected chi connectivity index (χ3v) is 2.16. The van der Waals surface area contributed by atoms with E-state index in [1.54, 1.807) is 18.2 Å². The molecule has 0 bridgehead atoms. The van der Waals surface area contributed by atoms with Crippen LogP contribution >= 0.6 is 0 Å². The summed E-state index contributed by atoms with van der Waals surface area (Å²) in [7, 11) is 0. The molecule has 0 aliphatic heterocycles. The molecule has 0 spiro atoms. The average molecular weight is 238 g/mol. The van der Waals surface area contributed by atoms with E-state index in [1.165, 1.54) is 6.07 Å². The summed E-state index contributed by atoms with van der Waals surface area (Å²) < 4.78 is 13.2. The minimum Gasteiger partial charge on any atom is -0.324 e. The van der Waals surface area contributed by atoms with Gasteiger partial charge in [0.15, 0.2) is 0 Å². The van der Waals surface area contributed by atoms with Crippen molar-refractivity contribution in [3.8, 4) is 0 Å². The molecular weight excluding hydrogens is 219 g/mol. The molecule has 0 aliphatic rings. The zero-order chi connectivity index (χ0) is 12.9. The number of hydrogen-bond donors (Lipinski definition) is 2. The second-order valence-electron chi connectivity index (χ2n) is 4.95. The molecule has 1 amide bonds. The Labute approximate surface area is 101 Å². The molecule has 17 heavy (non-hydrogen) atoms. The second-order valence-corrected chi connectivity index (χ2v) is 4.95. The monoisotopic (exact) mass is 238 g/mol. The summed E-state index contributed by atoms with van der Waals surface area (Å²) in [6.07, 6.45) is 0.325. The van der Waals surface area contributed by atoms with Crippen LogP contribution in [0, 0.1) is 5.82 Å². The second kappa shape index (κ2) is 5.77. The number of amides is 1. The minimum absolute atomic E-state index is 0.0156. The lowest BCUT2D eigenvalue weighted by Gasteiger charge is -2.20. The van der Waals surface area contributed by atoms with Crippen molar-refractivity contribution in [3.05, 3.63) is 30.1 Å². The van der Waals surface area contributed by atoms with E-state index in [0.29, 0.717) is 13.0 Å². The Hall–Kier alpha value is -1.42. The van der Waals surface area contributed by atoms with Crippen LogP contribution in [0.15, 0.2) is 24.3 Å². The SMILES string of the molecule is CC(C)(C)NCCC(=O)Nc1ccccc1F. The number of nitrogens with one attached hydrogen (secondary N) is 2. The van der Waals surface area contributed by atoms with Crippen LogP contribution in [0.1, 0.15) is 27.2 Å². The van der Waals surface area contributed by atoms with E-state index < -0.39 is 5.82 Å². The average Bonchev–Trinajstić information content (AvgIpc) is 2.19. The maximum Gasteiger partial charge on any atom is 0.225 e. The van der Waals surface area contributed by atoms with Gasteiger partial charge >= 0.3 is 0 Å². The van der Waals surface area contributed by atoms with Gasteiger partial charge in [-0.05, 0) is 32.9 Å². The first-order chi connectivity index (χ1) is 7.88. The first-order valence-electron chi connectivity index (χ1n) is 5.68. The van der Waals surface area contributed by atoms with Crippen molar-refractivity contribution in [1.82, 2.24) is 5.32 Å². The van der Waals surface area contributed by atoms with Gasteiger partial charge in [0, 0.05) is 18.5 Å². The van der Waals surface area contributed by atoms with Crippen LogP contribution in [0.3, 0.4) is 0 Å². The molecule has 3 nitrogen and oxygen atoms in total. The van der Waals surface area contributed by atoms with Crippen LogP contribution in [-0.2, 0) is 4.79 Å². The molecule has 94 valence electrons. The largest absolute Gasteiger partial charge is 0.324 e. The molecule has 0 saturated heterocycles. The van der Waals surface area contributed by atoms with Gasteiger partial charge < -0.3 is 10.6 Å². The van der Waals surface area contributed by atoms with Crippen molar-refractivity contribution in [1.29, 1.82) is 0 Å². The molecule has 0 saturated carbocycles. The molecule has 0 aliphatic carbocycles. The molecule has 1 aromatic rings. The molecule has 0 aromatic heterocycles. The number of hydrogen-bond acceptors (Lipinski definition) is 2. The molecule has 0 radical (unpaired) electrons. The quantitative estimate of drug-likeness (QED) is 0.846. The van der Waals surface area contributed by atoms with Crippen LogP contribution in [0.5, 0.6) is 0 Å². The summed E-state index contributed by atoms with van der Waals surface area (Å²) in [6.45, 7) is 6.66. The number of benzene rings is 1. The first kappa shape index (κ1) is 13.6. The van der Waals surface area contributed by atoms with Crippen LogP contribution < -0.4 is 10.6 Å². The highest BCUT2D eigenvalue weighted by Gasteiger charge is 2.10. The van der Waals surface area contributed by atoms with Crippen LogP contribution in [0.25, 0.3) is 0 Å². The summed E-state index contributed by atoms with van der Waals surface area (Å²) >= 11 is 0. The Morgan fingerprint density at radius 2 is 1.94 bits per heavy atom. The van der Waals surface area contributed by atoms with E-state index in [9.17, 15) is 9.18 Å². The van der Waals surface area contributed by atoms with Crippen molar-refractivity contribution >= 4 is 11.6 Å². The molecule has 1 rings (SSSR count). The van der Waals surface area contributed by atoms with E-state index >= 15 is 0 Å². The van der Waals surface area contributed by atoms with Crippen molar-refractivity contribution in [2.24, 2.45) is 0 Å². The highest BCUT2D eigenvalue weighted by molar-refractivity contribution is 5.90. The Morgan fingerprint density at radius 1 is 1.29 bits per heavy atom. The van der Waals surface area contributed by atoms with Crippen molar-refractivity contribution < 1.29 is 9.18 Å². The summed E-state index contributed by atoms with van der Waals surface area (Å²) in [5.74, 6) is -0.600. The van der Waals surface area contributed by atoms with Crippen molar-refractivity contribution in [2.75, 3.05) is 11.9 Å². The first-order valence-corrected chi connectivity index (χ1v) is 5.68. The summed E-state index contributed by atoms with van der Waals surface area (Å²) in [5, 5.41) is 5.74. The third-order valence-electron chi connectivity index (χ3n) is 2.16. The summed E-state index contributed by atoms with van der Waals surface area (Å²) in [5.41, 5.74) is 0.214. The lowest BCUT2D eigenvalue weighted by Crippen LogP contribution is -2.37. The topological polar surface area (TPSA) is 41.1 Å². The van der Waals surface area contributed by atoms with Gasteiger partial charge in [-0.2, -0.15) is 0 Å². The van der Waals surface area contributed by atoms with Crippen molar-refractivity contribution in [3.63, 3.8) is 0 Å². The summed E-state index contributed by atoms with van der Waals surface area (Å²) in [4.78, 5) is 11.5. The molecule has 0 atom stereocenters. The Kier molecular flexibility index (Phi) is 4.63. The predicted molar refractivity (Wildman–Crippen MR) is 67.4 cm³/mol. The minimum atomic E-state index is -0.412. The zero-order valence-electron chi connectivity index (χ0n) is 10.5. The van der Waals surface area contributed by atoms with Gasteiger partial charge in [-0.25, -0.2) is 4.39 Å². The number of para-hydroxylation sites is 1. The molecule has 1 aromatic carbocycles. The van der Waals surface area contributed by atoms with Crippen LogP contribution in [0.4, 0.5) is 10.1 Å².